The molecular weight excluding hydrogens is 256 g/mol. The lowest BCUT2D eigenvalue weighted by molar-refractivity contribution is -0.148. The van der Waals surface area contributed by atoms with Gasteiger partial charge in [-0.25, -0.2) is 0 Å². The van der Waals surface area contributed by atoms with Crippen LogP contribution >= 0.6 is 0 Å². The van der Waals surface area contributed by atoms with E-state index in [4.69, 9.17) is 14.2 Å². The lowest BCUT2D eigenvalue weighted by atomic mass is 9.91. The molecule has 4 heteroatoms. The fourth-order valence-electron chi connectivity index (χ4n) is 2.78. The molecule has 0 saturated heterocycles. The molecular formula is C16H22O4. The first-order valence-electron chi connectivity index (χ1n) is 7.09. The predicted molar refractivity (Wildman–Crippen MR) is 76.0 cm³/mol. The average Bonchev–Trinajstić information content (AvgIpc) is 3.01. The van der Waals surface area contributed by atoms with Gasteiger partial charge in [-0.2, -0.15) is 0 Å². The van der Waals surface area contributed by atoms with Crippen LogP contribution in [0.3, 0.4) is 0 Å². The van der Waals surface area contributed by atoms with Crippen LogP contribution < -0.4 is 9.47 Å². The van der Waals surface area contributed by atoms with E-state index in [-0.39, 0.29) is 11.9 Å². The summed E-state index contributed by atoms with van der Waals surface area (Å²) in [6, 6.07) is 7.42. The van der Waals surface area contributed by atoms with E-state index >= 15 is 0 Å². The molecule has 1 aromatic carbocycles. The number of carbonyl (C=O) groups is 1. The van der Waals surface area contributed by atoms with Gasteiger partial charge in [0.2, 0.25) is 0 Å². The molecule has 1 fully saturated rings. The van der Waals surface area contributed by atoms with Crippen LogP contribution in [0.15, 0.2) is 24.3 Å². The quantitative estimate of drug-likeness (QED) is 0.750. The molecule has 1 saturated carbocycles. The molecule has 20 heavy (non-hydrogen) atoms. The van der Waals surface area contributed by atoms with E-state index in [0.29, 0.717) is 12.5 Å². The van der Waals surface area contributed by atoms with Gasteiger partial charge >= 0.3 is 5.97 Å². The fourth-order valence-corrected chi connectivity index (χ4v) is 2.78. The van der Waals surface area contributed by atoms with Crippen LogP contribution in [-0.2, 0) is 9.53 Å². The minimum atomic E-state index is -0.172. The van der Waals surface area contributed by atoms with Crippen LogP contribution in [0.1, 0.15) is 25.7 Å². The maximum atomic E-state index is 11.9. The summed E-state index contributed by atoms with van der Waals surface area (Å²) in [5.41, 5.74) is 0. The van der Waals surface area contributed by atoms with E-state index in [1.54, 1.807) is 7.11 Å². The van der Waals surface area contributed by atoms with E-state index in [1.807, 2.05) is 24.3 Å². The third-order valence-corrected chi connectivity index (χ3v) is 3.94. The van der Waals surface area contributed by atoms with Gasteiger partial charge in [0, 0.05) is 6.07 Å². The normalized spacial score (nSPS) is 16.7. The molecule has 0 N–H and O–H groups in total. The Morgan fingerprint density at radius 3 is 2.60 bits per heavy atom. The lowest BCUT2D eigenvalue weighted by Crippen LogP contribution is -2.29. The highest BCUT2D eigenvalue weighted by Gasteiger charge is 2.32. The summed E-state index contributed by atoms with van der Waals surface area (Å²) in [7, 11) is 3.06. The molecule has 0 aromatic heterocycles. The first kappa shape index (κ1) is 14.7. The standard InChI is InChI=1S/C16H22O4/c1-18-13-8-5-9-14(10-13)20-11-15(16(17)19-2)12-6-3-4-7-12/h5,8-10,12,15H,3-4,6-7,11H2,1-2H3. The highest BCUT2D eigenvalue weighted by molar-refractivity contribution is 5.72. The summed E-state index contributed by atoms with van der Waals surface area (Å²) < 4.78 is 15.8. The van der Waals surface area contributed by atoms with E-state index in [1.165, 1.54) is 20.0 Å². The van der Waals surface area contributed by atoms with Gasteiger partial charge in [-0.1, -0.05) is 18.9 Å². The first-order chi connectivity index (χ1) is 9.74. The average molecular weight is 278 g/mol. The van der Waals surface area contributed by atoms with Crippen LogP contribution in [0.5, 0.6) is 11.5 Å². The number of hydrogen-bond donors (Lipinski definition) is 0. The van der Waals surface area contributed by atoms with Gasteiger partial charge in [-0.05, 0) is 30.9 Å². The smallest absolute Gasteiger partial charge is 0.312 e. The van der Waals surface area contributed by atoms with E-state index in [9.17, 15) is 4.79 Å². The Morgan fingerprint density at radius 1 is 1.25 bits per heavy atom. The molecule has 1 atom stereocenters. The van der Waals surface area contributed by atoms with E-state index in [0.717, 1.165) is 24.3 Å². The molecule has 1 aliphatic carbocycles. The van der Waals surface area contributed by atoms with Crippen LogP contribution in [0.4, 0.5) is 0 Å². The fraction of sp³-hybridized carbons (Fsp3) is 0.562. The van der Waals surface area contributed by atoms with Crippen LogP contribution in [0.2, 0.25) is 0 Å². The predicted octanol–water partition coefficient (Wildman–Crippen LogP) is 3.05. The van der Waals surface area contributed by atoms with Gasteiger partial charge in [-0.15, -0.1) is 0 Å². The Balaban J connectivity index is 1.98. The van der Waals surface area contributed by atoms with E-state index in [2.05, 4.69) is 0 Å². The number of methoxy groups -OCH3 is 2. The van der Waals surface area contributed by atoms with Crippen molar-refractivity contribution < 1.29 is 19.0 Å². The molecule has 4 nitrogen and oxygen atoms in total. The van der Waals surface area contributed by atoms with Gasteiger partial charge in [0.1, 0.15) is 18.1 Å². The second-order valence-electron chi connectivity index (χ2n) is 5.16. The molecule has 1 unspecified atom stereocenters. The minimum absolute atomic E-state index is 0.167. The van der Waals surface area contributed by atoms with Gasteiger partial charge in [0.05, 0.1) is 20.1 Å². The lowest BCUT2D eigenvalue weighted by Gasteiger charge is -2.21. The number of ether oxygens (including phenoxy) is 3. The summed E-state index contributed by atoms with van der Waals surface area (Å²) in [5, 5.41) is 0. The van der Waals surface area contributed by atoms with E-state index < -0.39 is 0 Å². The van der Waals surface area contributed by atoms with Crippen molar-refractivity contribution in [2.45, 2.75) is 25.7 Å². The Labute approximate surface area is 120 Å². The minimum Gasteiger partial charge on any atom is -0.497 e. The van der Waals surface area contributed by atoms with Crippen molar-refractivity contribution in [2.24, 2.45) is 11.8 Å². The van der Waals surface area contributed by atoms with Crippen molar-refractivity contribution in [3.63, 3.8) is 0 Å². The zero-order valence-corrected chi connectivity index (χ0v) is 12.1. The van der Waals surface area contributed by atoms with Crippen molar-refractivity contribution in [3.8, 4) is 11.5 Å². The Kier molecular flexibility index (Phi) is 5.27. The second-order valence-corrected chi connectivity index (χ2v) is 5.16. The molecule has 0 spiro atoms. The summed E-state index contributed by atoms with van der Waals surface area (Å²) in [5.74, 6) is 1.51. The number of hydrogen-bond acceptors (Lipinski definition) is 4. The largest absolute Gasteiger partial charge is 0.497 e. The van der Waals surface area contributed by atoms with Crippen molar-refractivity contribution in [3.05, 3.63) is 24.3 Å². The Bertz CT molecular complexity index is 438. The third-order valence-electron chi connectivity index (χ3n) is 3.94. The molecule has 110 valence electrons. The maximum absolute atomic E-state index is 11.9. The van der Waals surface area contributed by atoms with Crippen LogP contribution in [0.25, 0.3) is 0 Å². The molecule has 0 bridgehead atoms. The summed E-state index contributed by atoms with van der Waals surface area (Å²) in [4.78, 5) is 11.9. The summed E-state index contributed by atoms with van der Waals surface area (Å²) >= 11 is 0. The van der Waals surface area contributed by atoms with Gasteiger partial charge in [-0.3, -0.25) is 4.79 Å². The first-order valence-corrected chi connectivity index (χ1v) is 7.09. The zero-order chi connectivity index (χ0) is 14.4. The Morgan fingerprint density at radius 2 is 1.95 bits per heavy atom. The summed E-state index contributed by atoms with van der Waals surface area (Å²) in [6.07, 6.45) is 4.55. The molecule has 2 rings (SSSR count). The van der Waals surface area contributed by atoms with Crippen LogP contribution in [0, 0.1) is 11.8 Å². The van der Waals surface area contributed by atoms with Crippen LogP contribution in [-0.4, -0.2) is 26.8 Å². The van der Waals surface area contributed by atoms with Gasteiger partial charge in [0.15, 0.2) is 0 Å². The molecule has 0 heterocycles. The Hall–Kier alpha value is -1.71. The SMILES string of the molecule is COC(=O)C(COc1cccc(OC)c1)C1CCCC1. The molecule has 0 radical (unpaired) electrons. The second kappa shape index (κ2) is 7.17. The molecule has 0 amide bonds. The van der Waals surface area contributed by atoms with Crippen molar-refractivity contribution in [1.82, 2.24) is 0 Å². The number of esters is 1. The van der Waals surface area contributed by atoms with Gasteiger partial charge in [0.25, 0.3) is 0 Å². The molecule has 1 aliphatic rings. The van der Waals surface area contributed by atoms with Gasteiger partial charge < -0.3 is 14.2 Å². The maximum Gasteiger partial charge on any atom is 0.312 e. The molecule has 1 aromatic rings. The number of benzene rings is 1. The zero-order valence-electron chi connectivity index (χ0n) is 12.1. The highest BCUT2D eigenvalue weighted by Crippen LogP contribution is 2.32. The third kappa shape index (κ3) is 3.65. The topological polar surface area (TPSA) is 44.8 Å². The highest BCUT2D eigenvalue weighted by atomic mass is 16.5. The summed E-state index contributed by atoms with van der Waals surface area (Å²) in [6.45, 7) is 0.366. The number of carbonyl (C=O) groups excluding carboxylic acids is 1. The van der Waals surface area contributed by atoms with Crippen molar-refractivity contribution in [1.29, 1.82) is 0 Å². The molecule has 0 aliphatic heterocycles. The monoisotopic (exact) mass is 278 g/mol. The van der Waals surface area contributed by atoms with Crippen molar-refractivity contribution in [2.75, 3.05) is 20.8 Å². The number of rotatable bonds is 6. The van der Waals surface area contributed by atoms with Crippen molar-refractivity contribution >= 4 is 5.97 Å².